The van der Waals surface area contributed by atoms with Crippen LogP contribution in [0, 0.1) is 11.3 Å². The molecule has 0 bridgehead atoms. The van der Waals surface area contributed by atoms with Crippen molar-refractivity contribution in [2.24, 2.45) is 0 Å². The number of hydrogen-bond acceptors (Lipinski definition) is 4. The predicted octanol–water partition coefficient (Wildman–Crippen LogP) is 3.65. The average molecular weight is 349 g/mol. The van der Waals surface area contributed by atoms with E-state index in [0.717, 1.165) is 18.6 Å². The standard InChI is InChI=1S/C21H23N3O2/c1-2-26-20-12-10-19(11-13-20)24-21(25)18(15-22)16-23-14-6-9-17-7-4-3-5-8-17/h3-5,7-8,10-13,16,23H,2,6,9,14H2,1H3,(H,24,25)/b18-16-. The molecule has 0 fully saturated rings. The van der Waals surface area contributed by atoms with Crippen LogP contribution < -0.4 is 15.4 Å². The van der Waals surface area contributed by atoms with Crippen LogP contribution in [0.25, 0.3) is 0 Å². The molecule has 1 amide bonds. The maximum absolute atomic E-state index is 12.2. The predicted molar refractivity (Wildman–Crippen MR) is 103 cm³/mol. The second kappa shape index (κ2) is 10.6. The van der Waals surface area contributed by atoms with Crippen LogP contribution in [0.3, 0.4) is 0 Å². The number of rotatable bonds is 9. The number of carbonyl (C=O) groups is 1. The fraction of sp³-hybridized carbons (Fsp3) is 0.238. The second-order valence-corrected chi connectivity index (χ2v) is 5.62. The van der Waals surface area contributed by atoms with Crippen molar-refractivity contribution in [1.82, 2.24) is 5.32 Å². The van der Waals surface area contributed by atoms with Gasteiger partial charge in [0.05, 0.1) is 6.61 Å². The monoisotopic (exact) mass is 349 g/mol. The summed E-state index contributed by atoms with van der Waals surface area (Å²) >= 11 is 0. The van der Waals surface area contributed by atoms with E-state index in [1.54, 1.807) is 24.3 Å². The van der Waals surface area contributed by atoms with E-state index in [1.165, 1.54) is 11.8 Å². The molecule has 0 aliphatic rings. The molecule has 0 heterocycles. The third kappa shape index (κ3) is 6.33. The lowest BCUT2D eigenvalue weighted by molar-refractivity contribution is -0.112. The summed E-state index contributed by atoms with van der Waals surface area (Å²) in [5.41, 5.74) is 1.93. The van der Waals surface area contributed by atoms with Gasteiger partial charge in [0.2, 0.25) is 0 Å². The Hall–Kier alpha value is -3.26. The molecule has 0 saturated carbocycles. The zero-order valence-corrected chi connectivity index (χ0v) is 14.9. The molecule has 2 N–H and O–H groups in total. The first kappa shape index (κ1) is 19.1. The molecule has 5 heteroatoms. The highest BCUT2D eigenvalue weighted by molar-refractivity contribution is 6.06. The van der Waals surface area contributed by atoms with E-state index in [4.69, 9.17) is 4.74 Å². The molecule has 2 aromatic carbocycles. The molecule has 0 aliphatic heterocycles. The van der Waals surface area contributed by atoms with E-state index in [0.29, 0.717) is 18.8 Å². The molecule has 0 radical (unpaired) electrons. The summed E-state index contributed by atoms with van der Waals surface area (Å²) in [6, 6.07) is 19.1. The lowest BCUT2D eigenvalue weighted by atomic mass is 10.1. The lowest BCUT2D eigenvalue weighted by Crippen LogP contribution is -2.17. The van der Waals surface area contributed by atoms with Gasteiger partial charge < -0.3 is 15.4 Å². The number of amides is 1. The summed E-state index contributed by atoms with van der Waals surface area (Å²) < 4.78 is 5.36. The summed E-state index contributed by atoms with van der Waals surface area (Å²) in [6.07, 6.45) is 3.33. The number of anilines is 1. The van der Waals surface area contributed by atoms with E-state index in [2.05, 4.69) is 22.8 Å². The topological polar surface area (TPSA) is 74.1 Å². The molecule has 2 rings (SSSR count). The number of nitrogens with zero attached hydrogens (tertiary/aromatic N) is 1. The van der Waals surface area contributed by atoms with Crippen molar-refractivity contribution in [3.8, 4) is 11.8 Å². The first-order chi connectivity index (χ1) is 12.7. The second-order valence-electron chi connectivity index (χ2n) is 5.62. The fourth-order valence-electron chi connectivity index (χ4n) is 2.36. The van der Waals surface area contributed by atoms with Crippen molar-refractivity contribution in [3.05, 3.63) is 71.9 Å². The third-order valence-electron chi connectivity index (χ3n) is 3.66. The Labute approximate surface area is 154 Å². The molecule has 134 valence electrons. The molecule has 0 saturated heterocycles. The van der Waals surface area contributed by atoms with Crippen LogP contribution >= 0.6 is 0 Å². The van der Waals surface area contributed by atoms with Crippen molar-refractivity contribution < 1.29 is 9.53 Å². The van der Waals surface area contributed by atoms with Gasteiger partial charge in [0.25, 0.3) is 5.91 Å². The summed E-state index contributed by atoms with van der Waals surface area (Å²) in [5.74, 6) is 0.300. The zero-order chi connectivity index (χ0) is 18.6. The van der Waals surface area contributed by atoms with Crippen molar-refractivity contribution in [2.45, 2.75) is 19.8 Å². The van der Waals surface area contributed by atoms with Crippen molar-refractivity contribution in [2.75, 3.05) is 18.5 Å². The van der Waals surface area contributed by atoms with Gasteiger partial charge >= 0.3 is 0 Å². The Bertz CT molecular complexity index is 762. The fourth-order valence-corrected chi connectivity index (χ4v) is 2.36. The number of ether oxygens (including phenoxy) is 1. The molecule has 0 atom stereocenters. The number of nitrogens with one attached hydrogen (secondary N) is 2. The van der Waals surface area contributed by atoms with Gasteiger partial charge in [-0.05, 0) is 49.6 Å². The Morgan fingerprint density at radius 3 is 2.54 bits per heavy atom. The van der Waals surface area contributed by atoms with E-state index in [-0.39, 0.29) is 5.57 Å². The molecule has 26 heavy (non-hydrogen) atoms. The lowest BCUT2D eigenvalue weighted by Gasteiger charge is -2.07. The molecule has 0 unspecified atom stereocenters. The van der Waals surface area contributed by atoms with Gasteiger partial charge in [0.15, 0.2) is 0 Å². The molecule has 5 nitrogen and oxygen atoms in total. The highest BCUT2D eigenvalue weighted by atomic mass is 16.5. The van der Waals surface area contributed by atoms with Crippen LogP contribution in [-0.2, 0) is 11.2 Å². The van der Waals surface area contributed by atoms with E-state index in [1.807, 2.05) is 31.2 Å². The summed E-state index contributed by atoms with van der Waals surface area (Å²) in [6.45, 7) is 3.19. The van der Waals surface area contributed by atoms with Crippen molar-refractivity contribution in [3.63, 3.8) is 0 Å². The van der Waals surface area contributed by atoms with Gasteiger partial charge in [-0.2, -0.15) is 5.26 Å². The van der Waals surface area contributed by atoms with E-state index >= 15 is 0 Å². The van der Waals surface area contributed by atoms with Crippen LogP contribution in [0.1, 0.15) is 18.9 Å². The smallest absolute Gasteiger partial charge is 0.267 e. The van der Waals surface area contributed by atoms with Gasteiger partial charge in [-0.25, -0.2) is 0 Å². The normalized spacial score (nSPS) is 10.7. The minimum Gasteiger partial charge on any atom is -0.494 e. The molecular formula is C21H23N3O2. The van der Waals surface area contributed by atoms with Crippen LogP contribution in [0.5, 0.6) is 5.75 Å². The maximum atomic E-state index is 12.2. The Kier molecular flexibility index (Phi) is 7.75. The quantitative estimate of drug-likeness (QED) is 0.412. The minimum absolute atomic E-state index is 0.0404. The van der Waals surface area contributed by atoms with Crippen LogP contribution in [0.4, 0.5) is 5.69 Å². The maximum Gasteiger partial charge on any atom is 0.267 e. The Morgan fingerprint density at radius 1 is 1.15 bits per heavy atom. The summed E-state index contributed by atoms with van der Waals surface area (Å²) in [5, 5.41) is 14.9. The molecule has 0 spiro atoms. The number of benzene rings is 2. The minimum atomic E-state index is -0.438. The first-order valence-corrected chi connectivity index (χ1v) is 8.64. The SMILES string of the molecule is CCOc1ccc(NC(=O)/C(C#N)=C\NCCCc2ccccc2)cc1. The molecule has 0 aromatic heterocycles. The number of hydrogen-bond donors (Lipinski definition) is 2. The van der Waals surface area contributed by atoms with Gasteiger partial charge in [-0.15, -0.1) is 0 Å². The number of carbonyl (C=O) groups excluding carboxylic acids is 1. The Balaban J connectivity index is 1.79. The van der Waals surface area contributed by atoms with Crippen LogP contribution in [0.15, 0.2) is 66.4 Å². The summed E-state index contributed by atoms with van der Waals surface area (Å²) in [7, 11) is 0. The van der Waals surface area contributed by atoms with Gasteiger partial charge in [0.1, 0.15) is 17.4 Å². The Morgan fingerprint density at radius 2 is 1.88 bits per heavy atom. The average Bonchev–Trinajstić information content (AvgIpc) is 2.67. The largest absolute Gasteiger partial charge is 0.494 e. The highest BCUT2D eigenvalue weighted by Gasteiger charge is 2.09. The zero-order valence-electron chi connectivity index (χ0n) is 14.9. The van der Waals surface area contributed by atoms with Crippen LogP contribution in [-0.4, -0.2) is 19.1 Å². The highest BCUT2D eigenvalue weighted by Crippen LogP contribution is 2.16. The number of aryl methyl sites for hydroxylation is 1. The van der Waals surface area contributed by atoms with Gasteiger partial charge in [0, 0.05) is 18.4 Å². The molecular weight excluding hydrogens is 326 g/mol. The van der Waals surface area contributed by atoms with Crippen molar-refractivity contribution in [1.29, 1.82) is 5.26 Å². The van der Waals surface area contributed by atoms with Crippen molar-refractivity contribution >= 4 is 11.6 Å². The molecule has 0 aliphatic carbocycles. The van der Waals surface area contributed by atoms with Crippen LogP contribution in [0.2, 0.25) is 0 Å². The number of nitriles is 1. The van der Waals surface area contributed by atoms with Gasteiger partial charge in [-0.1, -0.05) is 30.3 Å². The molecule has 2 aromatic rings. The third-order valence-corrected chi connectivity index (χ3v) is 3.66. The summed E-state index contributed by atoms with van der Waals surface area (Å²) in [4.78, 5) is 12.2. The first-order valence-electron chi connectivity index (χ1n) is 8.64. The van der Waals surface area contributed by atoms with E-state index < -0.39 is 5.91 Å². The van der Waals surface area contributed by atoms with E-state index in [9.17, 15) is 10.1 Å². The van der Waals surface area contributed by atoms with Gasteiger partial charge in [-0.3, -0.25) is 4.79 Å².